The van der Waals surface area contributed by atoms with Crippen molar-refractivity contribution in [3.8, 4) is 5.75 Å². The van der Waals surface area contributed by atoms with Gasteiger partial charge in [-0.15, -0.1) is 10.2 Å². The molecule has 0 atom stereocenters. The molecule has 0 bridgehead atoms. The normalized spacial score (nSPS) is 10.4. The van der Waals surface area contributed by atoms with Crippen LogP contribution in [0.5, 0.6) is 5.75 Å². The molecule has 0 aliphatic rings. The SMILES string of the molecule is CC(=O)c1cc(Br)cc([N+](=O)[O-])c1OCc1nnn(C)n1. The third-order valence-electron chi connectivity index (χ3n) is 2.51. The fourth-order valence-corrected chi connectivity index (χ4v) is 2.09. The van der Waals surface area contributed by atoms with E-state index in [0.717, 1.165) is 0 Å². The van der Waals surface area contributed by atoms with Gasteiger partial charge >= 0.3 is 5.69 Å². The fraction of sp³-hybridized carbons (Fsp3) is 0.273. The minimum Gasteiger partial charge on any atom is -0.478 e. The van der Waals surface area contributed by atoms with Crippen LogP contribution in [0.3, 0.4) is 0 Å². The summed E-state index contributed by atoms with van der Waals surface area (Å²) in [5, 5.41) is 22.3. The molecule has 0 unspecified atom stereocenters. The highest BCUT2D eigenvalue weighted by molar-refractivity contribution is 9.10. The molecule has 0 spiro atoms. The van der Waals surface area contributed by atoms with Crippen LogP contribution in [0.4, 0.5) is 5.69 Å². The van der Waals surface area contributed by atoms with Crippen molar-refractivity contribution in [2.75, 3.05) is 0 Å². The number of hydrogen-bond donors (Lipinski definition) is 0. The number of aromatic nitrogens is 4. The number of carbonyl (C=O) groups excluding carboxylic acids is 1. The van der Waals surface area contributed by atoms with Crippen molar-refractivity contribution in [2.45, 2.75) is 13.5 Å². The molecule has 0 radical (unpaired) electrons. The average molecular weight is 356 g/mol. The van der Waals surface area contributed by atoms with Crippen molar-refractivity contribution < 1.29 is 14.5 Å². The number of aryl methyl sites for hydroxylation is 1. The summed E-state index contributed by atoms with van der Waals surface area (Å²) in [5.74, 6) is -0.200. The van der Waals surface area contributed by atoms with Gasteiger partial charge in [0.15, 0.2) is 12.4 Å². The first-order chi connectivity index (χ1) is 9.88. The Morgan fingerprint density at radius 1 is 1.52 bits per heavy atom. The fourth-order valence-electron chi connectivity index (χ4n) is 1.65. The van der Waals surface area contributed by atoms with Crippen LogP contribution >= 0.6 is 15.9 Å². The molecule has 21 heavy (non-hydrogen) atoms. The van der Waals surface area contributed by atoms with Gasteiger partial charge in [0.25, 0.3) is 0 Å². The summed E-state index contributed by atoms with van der Waals surface area (Å²) in [4.78, 5) is 23.4. The number of rotatable bonds is 5. The van der Waals surface area contributed by atoms with E-state index in [-0.39, 0.29) is 35.2 Å². The highest BCUT2D eigenvalue weighted by Gasteiger charge is 2.23. The van der Waals surface area contributed by atoms with Crippen LogP contribution in [0.2, 0.25) is 0 Å². The maximum atomic E-state index is 11.6. The predicted octanol–water partition coefficient (Wildman–Crippen LogP) is 1.66. The van der Waals surface area contributed by atoms with Crippen molar-refractivity contribution in [2.24, 2.45) is 7.05 Å². The molecule has 0 saturated carbocycles. The lowest BCUT2D eigenvalue weighted by molar-refractivity contribution is -0.386. The number of Topliss-reactive ketones (excluding diaryl/α,β-unsaturated/α-hetero) is 1. The molecule has 1 heterocycles. The number of ketones is 1. The molecule has 9 nitrogen and oxygen atoms in total. The molecule has 0 amide bonds. The standard InChI is InChI=1S/C11H10BrN5O4/c1-6(18)8-3-7(12)4-9(17(19)20)11(8)21-5-10-13-15-16(2)14-10/h3-4H,5H2,1-2H3. The Balaban J connectivity index is 2.39. The first-order valence-electron chi connectivity index (χ1n) is 5.73. The van der Waals surface area contributed by atoms with E-state index in [1.807, 2.05) is 0 Å². The van der Waals surface area contributed by atoms with E-state index in [1.165, 1.54) is 23.9 Å². The molecule has 2 aromatic rings. The Kier molecular flexibility index (Phi) is 4.26. The lowest BCUT2D eigenvalue weighted by Gasteiger charge is -2.09. The van der Waals surface area contributed by atoms with Crippen LogP contribution in [0.1, 0.15) is 23.1 Å². The first kappa shape index (κ1) is 15.0. The smallest absolute Gasteiger partial charge is 0.312 e. The summed E-state index contributed by atoms with van der Waals surface area (Å²) >= 11 is 3.13. The second-order valence-electron chi connectivity index (χ2n) is 4.10. The molecular formula is C11H10BrN5O4. The number of carbonyl (C=O) groups is 1. The highest BCUT2D eigenvalue weighted by Crippen LogP contribution is 2.35. The number of hydrogen-bond acceptors (Lipinski definition) is 7. The topological polar surface area (TPSA) is 113 Å². The number of nitro groups is 1. The maximum Gasteiger partial charge on any atom is 0.312 e. The quantitative estimate of drug-likeness (QED) is 0.455. The largest absolute Gasteiger partial charge is 0.478 e. The van der Waals surface area contributed by atoms with Gasteiger partial charge in [-0.1, -0.05) is 15.9 Å². The number of halogens is 1. The zero-order valence-electron chi connectivity index (χ0n) is 11.1. The second-order valence-corrected chi connectivity index (χ2v) is 5.01. The van der Waals surface area contributed by atoms with Crippen LogP contribution in [-0.4, -0.2) is 30.9 Å². The van der Waals surface area contributed by atoms with Crippen LogP contribution in [0.25, 0.3) is 0 Å². The van der Waals surface area contributed by atoms with Crippen LogP contribution in [0.15, 0.2) is 16.6 Å². The monoisotopic (exact) mass is 355 g/mol. The van der Waals surface area contributed by atoms with Crippen molar-refractivity contribution in [3.05, 3.63) is 38.1 Å². The second kappa shape index (κ2) is 5.95. The number of ether oxygens (including phenoxy) is 1. The molecule has 10 heteroatoms. The number of nitrogens with zero attached hydrogens (tertiary/aromatic N) is 5. The van der Waals surface area contributed by atoms with E-state index in [4.69, 9.17) is 4.74 Å². The first-order valence-corrected chi connectivity index (χ1v) is 6.52. The predicted molar refractivity (Wildman–Crippen MR) is 73.9 cm³/mol. The van der Waals surface area contributed by atoms with Gasteiger partial charge < -0.3 is 4.74 Å². The minimum absolute atomic E-state index is 0.108. The zero-order valence-corrected chi connectivity index (χ0v) is 12.7. The average Bonchev–Trinajstić information content (AvgIpc) is 2.81. The molecular weight excluding hydrogens is 346 g/mol. The van der Waals surface area contributed by atoms with E-state index >= 15 is 0 Å². The van der Waals surface area contributed by atoms with Gasteiger partial charge in [0.2, 0.25) is 11.6 Å². The molecule has 0 aliphatic carbocycles. The van der Waals surface area contributed by atoms with E-state index in [0.29, 0.717) is 4.47 Å². The number of tetrazole rings is 1. The summed E-state index contributed by atoms with van der Waals surface area (Å²) < 4.78 is 5.80. The highest BCUT2D eigenvalue weighted by atomic mass is 79.9. The van der Waals surface area contributed by atoms with Gasteiger partial charge in [-0.25, -0.2) is 0 Å². The summed E-state index contributed by atoms with van der Waals surface area (Å²) in [5.41, 5.74) is -0.196. The van der Waals surface area contributed by atoms with Gasteiger partial charge in [0, 0.05) is 10.5 Å². The molecule has 0 saturated heterocycles. The molecule has 110 valence electrons. The van der Waals surface area contributed by atoms with E-state index in [1.54, 1.807) is 7.05 Å². The van der Waals surface area contributed by atoms with Crippen LogP contribution in [0, 0.1) is 10.1 Å². The molecule has 0 fully saturated rings. The van der Waals surface area contributed by atoms with Gasteiger partial charge in [0.1, 0.15) is 0 Å². The van der Waals surface area contributed by atoms with E-state index in [9.17, 15) is 14.9 Å². The summed E-state index contributed by atoms with van der Waals surface area (Å²) in [6, 6.07) is 2.74. The van der Waals surface area contributed by atoms with Gasteiger partial charge in [-0.3, -0.25) is 14.9 Å². The van der Waals surface area contributed by atoms with Crippen LogP contribution < -0.4 is 4.74 Å². The third-order valence-corrected chi connectivity index (χ3v) is 2.96. The summed E-state index contributed by atoms with van der Waals surface area (Å²) in [6.07, 6.45) is 0. The molecule has 0 N–H and O–H groups in total. The van der Waals surface area contributed by atoms with Gasteiger partial charge in [-0.2, -0.15) is 4.80 Å². The Bertz CT molecular complexity index is 679. The Morgan fingerprint density at radius 2 is 2.24 bits per heavy atom. The Labute approximate surface area is 127 Å². The molecule has 0 aliphatic heterocycles. The van der Waals surface area contributed by atoms with Crippen molar-refractivity contribution in [3.63, 3.8) is 0 Å². The van der Waals surface area contributed by atoms with Crippen molar-refractivity contribution >= 4 is 27.4 Å². The number of benzene rings is 1. The zero-order chi connectivity index (χ0) is 15.6. The minimum atomic E-state index is -0.614. The van der Waals surface area contributed by atoms with Crippen molar-refractivity contribution in [1.82, 2.24) is 20.2 Å². The van der Waals surface area contributed by atoms with Gasteiger partial charge in [-0.05, 0) is 18.2 Å². The third kappa shape index (κ3) is 3.40. The van der Waals surface area contributed by atoms with Crippen molar-refractivity contribution in [1.29, 1.82) is 0 Å². The molecule has 2 rings (SSSR count). The van der Waals surface area contributed by atoms with E-state index < -0.39 is 4.92 Å². The lowest BCUT2D eigenvalue weighted by atomic mass is 10.1. The van der Waals surface area contributed by atoms with Crippen LogP contribution in [-0.2, 0) is 13.7 Å². The Morgan fingerprint density at radius 3 is 2.76 bits per heavy atom. The number of nitro benzene ring substituents is 1. The van der Waals surface area contributed by atoms with Gasteiger partial charge in [0.05, 0.1) is 17.5 Å². The lowest BCUT2D eigenvalue weighted by Crippen LogP contribution is -2.06. The molecule has 1 aromatic heterocycles. The summed E-state index contributed by atoms with van der Waals surface area (Å²) in [7, 11) is 1.58. The van der Waals surface area contributed by atoms with E-state index in [2.05, 4.69) is 31.3 Å². The Hall–Kier alpha value is -2.36. The molecule has 1 aromatic carbocycles. The summed E-state index contributed by atoms with van der Waals surface area (Å²) in [6.45, 7) is 1.18. The maximum absolute atomic E-state index is 11.6.